The first-order valence-corrected chi connectivity index (χ1v) is 11.4. The molecule has 1 aliphatic rings. The highest BCUT2D eigenvalue weighted by molar-refractivity contribution is 6.35. The first kappa shape index (κ1) is 25.2. The van der Waals surface area contributed by atoms with Crippen molar-refractivity contribution in [2.24, 2.45) is 5.10 Å². The minimum absolute atomic E-state index is 0.0541. The molecule has 0 bridgehead atoms. The van der Waals surface area contributed by atoms with Crippen LogP contribution in [-0.2, 0) is 25.5 Å². The molecule has 1 heterocycles. The van der Waals surface area contributed by atoms with E-state index in [0.717, 1.165) is 19.3 Å². The van der Waals surface area contributed by atoms with Crippen molar-refractivity contribution in [2.75, 3.05) is 25.1 Å². The minimum atomic E-state index is -0.879. The maximum atomic E-state index is 12.1. The monoisotopic (exact) mass is 486 g/mol. The van der Waals surface area contributed by atoms with Crippen LogP contribution in [0.1, 0.15) is 30.9 Å². The third-order valence-corrected chi connectivity index (χ3v) is 5.36. The number of hydrogen-bond donors (Lipinski definition) is 3. The van der Waals surface area contributed by atoms with Gasteiger partial charge in [0.05, 0.1) is 17.3 Å². The minimum Gasteiger partial charge on any atom is -0.482 e. The van der Waals surface area contributed by atoms with Gasteiger partial charge in [-0.3, -0.25) is 14.4 Å². The molecular weight excluding hydrogens is 460 g/mol. The van der Waals surface area contributed by atoms with Gasteiger partial charge in [0.1, 0.15) is 5.75 Å². The molecule has 0 aromatic heterocycles. The number of carbonyl (C=O) groups excluding carboxylic acids is 3. The van der Waals surface area contributed by atoms with E-state index in [0.29, 0.717) is 23.6 Å². The zero-order chi connectivity index (χ0) is 24.3. The lowest BCUT2D eigenvalue weighted by molar-refractivity contribution is -0.139. The van der Waals surface area contributed by atoms with Gasteiger partial charge in [0.25, 0.3) is 5.91 Å². The fraction of sp³-hybridized carbons (Fsp3) is 0.333. The summed E-state index contributed by atoms with van der Waals surface area (Å²) in [5.41, 5.74) is 4.60. The Balaban J connectivity index is 1.42. The zero-order valence-corrected chi connectivity index (χ0v) is 19.6. The highest BCUT2D eigenvalue weighted by Gasteiger charge is 2.19. The molecule has 2 aromatic rings. The summed E-state index contributed by atoms with van der Waals surface area (Å²) in [6, 6.07) is 12.4. The Morgan fingerprint density at radius 3 is 2.65 bits per heavy atom. The highest BCUT2D eigenvalue weighted by Crippen LogP contribution is 2.25. The van der Waals surface area contributed by atoms with Crippen LogP contribution in [0.2, 0.25) is 5.02 Å². The summed E-state index contributed by atoms with van der Waals surface area (Å²) < 4.78 is 10.9. The summed E-state index contributed by atoms with van der Waals surface area (Å²) in [4.78, 5) is 35.7. The van der Waals surface area contributed by atoms with Crippen LogP contribution >= 0.6 is 11.6 Å². The summed E-state index contributed by atoms with van der Waals surface area (Å²) in [6.45, 7) is 2.81. The molecule has 1 saturated heterocycles. The number of benzene rings is 2. The van der Waals surface area contributed by atoms with Crippen LogP contribution < -0.4 is 20.8 Å². The molecule has 180 valence electrons. The molecule has 1 aliphatic heterocycles. The predicted molar refractivity (Wildman–Crippen MR) is 129 cm³/mol. The van der Waals surface area contributed by atoms with E-state index in [2.05, 4.69) is 28.1 Å². The Kier molecular flexibility index (Phi) is 9.42. The Morgan fingerprint density at radius 1 is 1.18 bits per heavy atom. The van der Waals surface area contributed by atoms with Crippen molar-refractivity contribution in [3.05, 3.63) is 58.6 Å². The molecular formula is C24H27ClN4O5. The molecule has 0 aliphatic carbocycles. The Hall–Kier alpha value is -3.43. The predicted octanol–water partition coefficient (Wildman–Crippen LogP) is 2.67. The standard InChI is InChI=1S/C24H27ClN4O5/c1-2-16-5-8-18(9-6-16)28-22(30)15-34-21-10-7-17(12-20(21)25)13-27-29-24(32)23(31)26-14-19-4-3-11-33-19/h5-10,12-13,19H,2-4,11,14-15H2,1H3,(H,26,31)(H,28,30)(H,29,32)/b27-13-/t19-/m1/s1. The van der Waals surface area contributed by atoms with Crippen molar-refractivity contribution >= 4 is 41.2 Å². The van der Waals surface area contributed by atoms with Crippen molar-refractivity contribution in [3.63, 3.8) is 0 Å². The fourth-order valence-electron chi connectivity index (χ4n) is 3.19. The van der Waals surface area contributed by atoms with Crippen molar-refractivity contribution in [2.45, 2.75) is 32.3 Å². The summed E-state index contributed by atoms with van der Waals surface area (Å²) in [6.07, 6.45) is 4.02. The fourth-order valence-corrected chi connectivity index (χ4v) is 3.43. The van der Waals surface area contributed by atoms with Gasteiger partial charge in [0.2, 0.25) is 0 Å². The molecule has 0 spiro atoms. The SMILES string of the molecule is CCc1ccc(NC(=O)COc2ccc(/C=N\NC(=O)C(=O)NC[C@H]3CCCO3)cc2Cl)cc1. The number of rotatable bonds is 9. The van der Waals surface area contributed by atoms with E-state index >= 15 is 0 Å². The number of ether oxygens (including phenoxy) is 2. The number of hydrogen-bond acceptors (Lipinski definition) is 6. The molecule has 10 heteroatoms. The third kappa shape index (κ3) is 7.86. The first-order valence-electron chi connectivity index (χ1n) is 11.0. The number of hydrazone groups is 1. The maximum Gasteiger partial charge on any atom is 0.329 e. The number of nitrogens with zero attached hydrogens (tertiary/aromatic N) is 1. The van der Waals surface area contributed by atoms with Crippen molar-refractivity contribution in [3.8, 4) is 5.75 Å². The Labute approximate surface area is 202 Å². The van der Waals surface area contributed by atoms with Crippen molar-refractivity contribution in [1.82, 2.24) is 10.7 Å². The lowest BCUT2D eigenvalue weighted by Gasteiger charge is -2.10. The molecule has 9 nitrogen and oxygen atoms in total. The highest BCUT2D eigenvalue weighted by atomic mass is 35.5. The van der Waals surface area contributed by atoms with E-state index in [4.69, 9.17) is 21.1 Å². The zero-order valence-electron chi connectivity index (χ0n) is 18.8. The lowest BCUT2D eigenvalue weighted by Crippen LogP contribution is -2.41. The molecule has 0 radical (unpaired) electrons. The molecule has 0 unspecified atom stereocenters. The number of amides is 3. The summed E-state index contributed by atoms with van der Waals surface area (Å²) in [7, 11) is 0. The molecule has 2 aromatic carbocycles. The van der Waals surface area contributed by atoms with Crippen LogP contribution in [-0.4, -0.2) is 49.8 Å². The maximum absolute atomic E-state index is 12.1. The molecule has 1 atom stereocenters. The first-order chi connectivity index (χ1) is 16.4. The van der Waals surface area contributed by atoms with Gasteiger partial charge >= 0.3 is 11.8 Å². The van der Waals surface area contributed by atoms with Gasteiger partial charge in [-0.25, -0.2) is 5.43 Å². The van der Waals surface area contributed by atoms with Crippen molar-refractivity contribution < 1.29 is 23.9 Å². The van der Waals surface area contributed by atoms with Gasteiger partial charge in [-0.2, -0.15) is 5.10 Å². The van der Waals surface area contributed by atoms with Crippen LogP contribution in [0.25, 0.3) is 0 Å². The van der Waals surface area contributed by atoms with Crippen LogP contribution in [0.4, 0.5) is 5.69 Å². The van der Waals surface area contributed by atoms with Gasteiger partial charge in [-0.15, -0.1) is 0 Å². The second-order valence-electron chi connectivity index (χ2n) is 7.62. The van der Waals surface area contributed by atoms with Gasteiger partial charge in [-0.05, 0) is 60.7 Å². The van der Waals surface area contributed by atoms with E-state index in [1.54, 1.807) is 18.2 Å². The van der Waals surface area contributed by atoms with Gasteiger partial charge in [0, 0.05) is 18.8 Å². The molecule has 3 rings (SSSR count). The Bertz CT molecular complexity index is 1040. The summed E-state index contributed by atoms with van der Waals surface area (Å²) >= 11 is 6.22. The number of carbonyl (C=O) groups is 3. The molecule has 1 fully saturated rings. The van der Waals surface area contributed by atoms with E-state index in [-0.39, 0.29) is 30.2 Å². The second kappa shape index (κ2) is 12.7. The number of nitrogens with one attached hydrogen (secondary N) is 3. The lowest BCUT2D eigenvalue weighted by atomic mass is 10.1. The van der Waals surface area contributed by atoms with Crippen LogP contribution in [0, 0.1) is 0 Å². The quantitative estimate of drug-likeness (QED) is 0.286. The molecule has 34 heavy (non-hydrogen) atoms. The van der Waals surface area contributed by atoms with Crippen molar-refractivity contribution in [1.29, 1.82) is 0 Å². The largest absolute Gasteiger partial charge is 0.482 e. The average molecular weight is 487 g/mol. The van der Waals surface area contributed by atoms with E-state index in [9.17, 15) is 14.4 Å². The van der Waals surface area contributed by atoms with Crippen LogP contribution in [0.15, 0.2) is 47.6 Å². The van der Waals surface area contributed by atoms with Gasteiger partial charge in [0.15, 0.2) is 6.61 Å². The molecule has 3 amide bonds. The number of aryl methyl sites for hydroxylation is 1. The smallest absolute Gasteiger partial charge is 0.329 e. The summed E-state index contributed by atoms with van der Waals surface area (Å²) in [5.74, 6) is -1.65. The van der Waals surface area contributed by atoms with E-state index < -0.39 is 11.8 Å². The van der Waals surface area contributed by atoms with E-state index in [1.807, 2.05) is 24.3 Å². The topological polar surface area (TPSA) is 118 Å². The van der Waals surface area contributed by atoms with Gasteiger partial charge < -0.3 is 20.1 Å². The van der Waals surface area contributed by atoms with Crippen LogP contribution in [0.3, 0.4) is 0 Å². The van der Waals surface area contributed by atoms with Gasteiger partial charge in [-0.1, -0.05) is 30.7 Å². The molecule has 0 saturated carbocycles. The normalized spacial score (nSPS) is 15.2. The van der Waals surface area contributed by atoms with Crippen LogP contribution in [0.5, 0.6) is 5.75 Å². The third-order valence-electron chi connectivity index (χ3n) is 5.06. The number of anilines is 1. The van der Waals surface area contributed by atoms with E-state index in [1.165, 1.54) is 11.8 Å². The summed E-state index contributed by atoms with van der Waals surface area (Å²) in [5, 5.41) is 9.31. The molecule has 3 N–H and O–H groups in total. The average Bonchev–Trinajstić information content (AvgIpc) is 3.36. The second-order valence-corrected chi connectivity index (χ2v) is 8.03. The number of halogens is 1. The Morgan fingerprint density at radius 2 is 1.97 bits per heavy atom.